The van der Waals surface area contributed by atoms with Gasteiger partial charge in [0, 0.05) is 54.4 Å². The summed E-state index contributed by atoms with van der Waals surface area (Å²) in [4.78, 5) is 13.4. The maximum absolute atomic E-state index is 15.1. The van der Waals surface area contributed by atoms with Crippen molar-refractivity contribution in [2.45, 2.75) is 11.3 Å². The van der Waals surface area contributed by atoms with Crippen LogP contribution in [0, 0.1) is 23.5 Å². The molecule has 1 aliphatic rings. The molecular formula is C26H21F2N5O2S. The fourth-order valence-corrected chi connectivity index (χ4v) is 4.97. The van der Waals surface area contributed by atoms with Crippen LogP contribution < -0.4 is 4.72 Å². The Morgan fingerprint density at radius 1 is 1.17 bits per heavy atom. The first-order chi connectivity index (χ1) is 17.3. The minimum Gasteiger partial charge on any atom is -0.346 e. The average Bonchev–Trinajstić information content (AvgIpc) is 3.30. The molecule has 0 spiro atoms. The summed E-state index contributed by atoms with van der Waals surface area (Å²) in [6, 6.07) is 6.56. The van der Waals surface area contributed by atoms with Gasteiger partial charge in [-0.3, -0.25) is 9.71 Å². The van der Waals surface area contributed by atoms with Gasteiger partial charge in [0.05, 0.1) is 11.3 Å². The highest BCUT2D eigenvalue weighted by Crippen LogP contribution is 2.29. The smallest absolute Gasteiger partial charge is 0.263 e. The number of fused-ring (bicyclic) bond motifs is 1. The highest BCUT2D eigenvalue weighted by molar-refractivity contribution is 7.92. The largest absolute Gasteiger partial charge is 0.346 e. The van der Waals surface area contributed by atoms with Crippen LogP contribution in [0.5, 0.6) is 0 Å². The summed E-state index contributed by atoms with van der Waals surface area (Å²) in [5.41, 5.74) is 2.43. The summed E-state index contributed by atoms with van der Waals surface area (Å²) < 4.78 is 56.8. The van der Waals surface area contributed by atoms with E-state index in [1.807, 2.05) is 12.3 Å². The number of hydrogen-bond acceptors (Lipinski definition) is 5. The zero-order chi connectivity index (χ0) is 25.3. The number of hydrogen-bond donors (Lipinski definition) is 2. The highest BCUT2D eigenvalue weighted by atomic mass is 32.2. The zero-order valence-corrected chi connectivity index (χ0v) is 20.0. The summed E-state index contributed by atoms with van der Waals surface area (Å²) in [5, 5.41) is 0.872. The fourth-order valence-electron chi connectivity index (χ4n) is 3.94. The fraction of sp³-hybridized carbons (Fsp3) is 0.154. The van der Waals surface area contributed by atoms with E-state index in [4.69, 9.17) is 0 Å². The molecule has 5 rings (SSSR count). The molecule has 0 amide bonds. The Balaban J connectivity index is 1.47. The third kappa shape index (κ3) is 4.71. The van der Waals surface area contributed by atoms with Crippen molar-refractivity contribution in [2.75, 3.05) is 24.9 Å². The Morgan fingerprint density at radius 3 is 2.78 bits per heavy atom. The Bertz CT molecular complexity index is 1650. The molecule has 0 atom stereocenters. The lowest BCUT2D eigenvalue weighted by Crippen LogP contribution is -2.23. The van der Waals surface area contributed by atoms with Crippen molar-refractivity contribution in [3.05, 3.63) is 89.5 Å². The van der Waals surface area contributed by atoms with Crippen LogP contribution in [0.25, 0.3) is 16.6 Å². The van der Waals surface area contributed by atoms with E-state index in [0.717, 1.165) is 48.8 Å². The maximum Gasteiger partial charge on any atom is 0.263 e. The number of sulfonamides is 1. The lowest BCUT2D eigenvalue weighted by Gasteiger charge is -2.21. The maximum atomic E-state index is 15.1. The van der Waals surface area contributed by atoms with Crippen LogP contribution >= 0.6 is 0 Å². The van der Waals surface area contributed by atoms with Gasteiger partial charge in [0.2, 0.25) is 0 Å². The Labute approximate surface area is 207 Å². The SMILES string of the molecule is CN1CC=C(c2c[nH]c3ncc(C#Cc4c(F)ccc(NS(=O)(=O)c5cccnc5)c4F)cc23)CC1. The van der Waals surface area contributed by atoms with E-state index >= 15 is 4.39 Å². The Hall–Kier alpha value is -4.07. The Morgan fingerprint density at radius 2 is 2.03 bits per heavy atom. The number of halogens is 2. The standard InChI is InChI=1S/C26H21F2N5O2S/c1-33-11-8-18(9-12-33)22-16-31-26-21(22)13-17(14-30-26)4-5-20-23(27)6-7-24(25(20)28)32-36(34,35)19-3-2-10-29-15-19/h2-3,6-8,10,13-16,32H,9,11-12H2,1H3,(H,30,31). The van der Waals surface area contributed by atoms with Gasteiger partial charge in [-0.1, -0.05) is 17.9 Å². The van der Waals surface area contributed by atoms with Crippen LogP contribution in [0.4, 0.5) is 14.5 Å². The monoisotopic (exact) mass is 505 g/mol. The lowest BCUT2D eigenvalue weighted by atomic mass is 9.99. The number of H-pyrrole nitrogens is 1. The molecule has 3 aromatic heterocycles. The molecular weight excluding hydrogens is 484 g/mol. The molecule has 1 aliphatic heterocycles. The molecule has 0 saturated carbocycles. The number of benzene rings is 1. The summed E-state index contributed by atoms with van der Waals surface area (Å²) in [5.74, 6) is 3.25. The van der Waals surface area contributed by atoms with Gasteiger partial charge in [0.1, 0.15) is 16.4 Å². The third-order valence-electron chi connectivity index (χ3n) is 5.90. The molecule has 36 heavy (non-hydrogen) atoms. The number of nitrogens with zero attached hydrogens (tertiary/aromatic N) is 3. The van der Waals surface area contributed by atoms with E-state index in [0.29, 0.717) is 11.2 Å². The molecule has 10 heteroatoms. The summed E-state index contributed by atoms with van der Waals surface area (Å²) >= 11 is 0. The number of aromatic amines is 1. The quantitative estimate of drug-likeness (QED) is 0.407. The first-order valence-corrected chi connectivity index (χ1v) is 12.6. The number of rotatable bonds is 4. The van der Waals surface area contributed by atoms with Crippen molar-refractivity contribution in [3.8, 4) is 11.8 Å². The van der Waals surface area contributed by atoms with Crippen molar-refractivity contribution in [1.82, 2.24) is 19.9 Å². The highest BCUT2D eigenvalue weighted by Gasteiger charge is 2.20. The van der Waals surface area contributed by atoms with E-state index in [1.54, 1.807) is 0 Å². The van der Waals surface area contributed by atoms with E-state index in [1.165, 1.54) is 30.1 Å². The molecule has 0 aliphatic carbocycles. The van der Waals surface area contributed by atoms with Crippen LogP contribution in [0.1, 0.15) is 23.1 Å². The van der Waals surface area contributed by atoms with Crippen molar-refractivity contribution in [2.24, 2.45) is 0 Å². The van der Waals surface area contributed by atoms with E-state index in [9.17, 15) is 12.8 Å². The molecule has 7 nitrogen and oxygen atoms in total. The molecule has 0 bridgehead atoms. The van der Waals surface area contributed by atoms with E-state index < -0.39 is 32.9 Å². The van der Waals surface area contributed by atoms with Crippen LogP contribution in [0.3, 0.4) is 0 Å². The van der Waals surface area contributed by atoms with Crippen LogP contribution in [-0.4, -0.2) is 48.4 Å². The third-order valence-corrected chi connectivity index (χ3v) is 7.25. The number of likely N-dealkylation sites (N-methyl/N-ethyl adjacent to an activating group) is 1. The summed E-state index contributed by atoms with van der Waals surface area (Å²) in [6.07, 6.45) is 9.04. The summed E-state index contributed by atoms with van der Waals surface area (Å²) in [6.45, 7) is 1.80. The molecule has 0 saturated heterocycles. The minimum atomic E-state index is -4.11. The first kappa shape index (κ1) is 23.7. The van der Waals surface area contributed by atoms with E-state index in [-0.39, 0.29) is 4.90 Å². The zero-order valence-electron chi connectivity index (χ0n) is 19.2. The Kier molecular flexibility index (Phi) is 6.26. The number of pyridine rings is 2. The topological polar surface area (TPSA) is 91.0 Å². The van der Waals surface area contributed by atoms with Crippen LogP contribution in [-0.2, 0) is 10.0 Å². The number of anilines is 1. The second-order valence-electron chi connectivity index (χ2n) is 8.39. The first-order valence-electron chi connectivity index (χ1n) is 11.1. The number of aromatic nitrogens is 3. The van der Waals surface area contributed by atoms with Crippen LogP contribution in [0.15, 0.2) is 66.1 Å². The van der Waals surface area contributed by atoms with Gasteiger partial charge in [-0.2, -0.15) is 0 Å². The average molecular weight is 506 g/mol. The van der Waals surface area contributed by atoms with Gasteiger partial charge in [-0.05, 0) is 49.4 Å². The van der Waals surface area contributed by atoms with Gasteiger partial charge in [0.15, 0.2) is 5.82 Å². The second kappa shape index (κ2) is 9.53. The van der Waals surface area contributed by atoms with Crippen molar-refractivity contribution in [1.29, 1.82) is 0 Å². The molecule has 2 N–H and O–H groups in total. The number of nitrogens with one attached hydrogen (secondary N) is 2. The molecule has 0 radical (unpaired) electrons. The normalized spacial score (nSPS) is 14.2. The van der Waals surface area contributed by atoms with Crippen molar-refractivity contribution >= 4 is 32.3 Å². The van der Waals surface area contributed by atoms with Gasteiger partial charge in [0.25, 0.3) is 10.0 Å². The lowest BCUT2D eigenvalue weighted by molar-refractivity contribution is 0.370. The molecule has 0 unspecified atom stereocenters. The molecule has 4 heterocycles. The van der Waals surface area contributed by atoms with Crippen molar-refractivity contribution in [3.63, 3.8) is 0 Å². The molecule has 4 aromatic rings. The van der Waals surface area contributed by atoms with E-state index in [2.05, 4.69) is 49.5 Å². The molecule has 182 valence electrons. The van der Waals surface area contributed by atoms with Gasteiger partial charge in [-0.25, -0.2) is 22.2 Å². The predicted molar refractivity (Wildman–Crippen MR) is 134 cm³/mol. The minimum absolute atomic E-state index is 0.150. The summed E-state index contributed by atoms with van der Waals surface area (Å²) in [7, 11) is -2.05. The van der Waals surface area contributed by atoms with Crippen molar-refractivity contribution < 1.29 is 17.2 Å². The second-order valence-corrected chi connectivity index (χ2v) is 10.1. The van der Waals surface area contributed by atoms with Gasteiger partial charge >= 0.3 is 0 Å². The predicted octanol–water partition coefficient (Wildman–Crippen LogP) is 4.16. The van der Waals surface area contributed by atoms with Gasteiger partial charge in [-0.15, -0.1) is 0 Å². The van der Waals surface area contributed by atoms with Crippen LogP contribution in [0.2, 0.25) is 0 Å². The molecule has 0 fully saturated rings. The molecule has 1 aromatic carbocycles. The van der Waals surface area contributed by atoms with Gasteiger partial charge < -0.3 is 9.88 Å².